The quantitative estimate of drug-likeness (QED) is 0.733. The minimum absolute atomic E-state index is 0.237. The Kier molecular flexibility index (Phi) is 3.22. The summed E-state index contributed by atoms with van der Waals surface area (Å²) in [5.74, 6) is 0.301. The summed E-state index contributed by atoms with van der Waals surface area (Å²) in [5, 5.41) is 19.4. The lowest BCUT2D eigenvalue weighted by Gasteiger charge is -2.11. The van der Waals surface area contributed by atoms with E-state index in [0.717, 1.165) is 17.7 Å². The zero-order valence-corrected chi connectivity index (χ0v) is 9.14. The van der Waals surface area contributed by atoms with Gasteiger partial charge in [0.2, 0.25) is 0 Å². The molecule has 1 atom stereocenters. The van der Waals surface area contributed by atoms with Crippen LogP contribution in [0.5, 0.6) is 5.75 Å². The standard InChI is InChI=1S/C12H15N3O/c1-9(11-7-14-15-8-11)13-6-10-3-2-4-12(16)5-10/h2-5,7-9,13,16H,6H2,1H3,(H,14,15). The van der Waals surface area contributed by atoms with Gasteiger partial charge < -0.3 is 10.4 Å². The van der Waals surface area contributed by atoms with Crippen molar-refractivity contribution in [2.24, 2.45) is 0 Å². The van der Waals surface area contributed by atoms with Crippen LogP contribution in [-0.2, 0) is 6.54 Å². The van der Waals surface area contributed by atoms with Gasteiger partial charge in [-0.3, -0.25) is 5.10 Å². The van der Waals surface area contributed by atoms with Crippen LogP contribution in [0, 0.1) is 0 Å². The molecule has 0 saturated heterocycles. The Labute approximate surface area is 94.3 Å². The molecule has 3 N–H and O–H groups in total. The zero-order valence-electron chi connectivity index (χ0n) is 9.14. The molecule has 1 unspecified atom stereocenters. The molecule has 4 heteroatoms. The van der Waals surface area contributed by atoms with Crippen molar-refractivity contribution in [2.45, 2.75) is 19.5 Å². The number of aromatic amines is 1. The van der Waals surface area contributed by atoms with Crippen LogP contribution in [0.3, 0.4) is 0 Å². The maximum Gasteiger partial charge on any atom is 0.115 e. The minimum atomic E-state index is 0.237. The van der Waals surface area contributed by atoms with Gasteiger partial charge >= 0.3 is 0 Å². The van der Waals surface area contributed by atoms with Crippen molar-refractivity contribution in [1.29, 1.82) is 0 Å². The van der Waals surface area contributed by atoms with E-state index in [-0.39, 0.29) is 6.04 Å². The van der Waals surface area contributed by atoms with Crippen LogP contribution in [0.1, 0.15) is 24.1 Å². The van der Waals surface area contributed by atoms with Gasteiger partial charge in [0.05, 0.1) is 6.20 Å². The fourth-order valence-electron chi connectivity index (χ4n) is 1.55. The minimum Gasteiger partial charge on any atom is -0.508 e. The van der Waals surface area contributed by atoms with Crippen molar-refractivity contribution in [3.8, 4) is 5.75 Å². The summed E-state index contributed by atoms with van der Waals surface area (Å²) in [4.78, 5) is 0. The molecule has 0 aliphatic heterocycles. The van der Waals surface area contributed by atoms with Gasteiger partial charge in [0.1, 0.15) is 5.75 Å². The molecule has 16 heavy (non-hydrogen) atoms. The monoisotopic (exact) mass is 217 g/mol. The topological polar surface area (TPSA) is 60.9 Å². The van der Waals surface area contributed by atoms with E-state index in [1.807, 2.05) is 18.3 Å². The van der Waals surface area contributed by atoms with Crippen molar-refractivity contribution in [1.82, 2.24) is 15.5 Å². The summed E-state index contributed by atoms with van der Waals surface area (Å²) in [5.41, 5.74) is 2.19. The second-order valence-electron chi connectivity index (χ2n) is 3.80. The molecule has 4 nitrogen and oxygen atoms in total. The van der Waals surface area contributed by atoms with E-state index in [2.05, 4.69) is 22.4 Å². The van der Waals surface area contributed by atoms with Crippen molar-refractivity contribution in [3.63, 3.8) is 0 Å². The Hall–Kier alpha value is -1.81. The molecule has 1 aromatic carbocycles. The smallest absolute Gasteiger partial charge is 0.115 e. The highest BCUT2D eigenvalue weighted by Crippen LogP contribution is 2.13. The summed E-state index contributed by atoms with van der Waals surface area (Å²) >= 11 is 0. The van der Waals surface area contributed by atoms with Crippen molar-refractivity contribution in [2.75, 3.05) is 0 Å². The van der Waals surface area contributed by atoms with E-state index in [1.54, 1.807) is 18.3 Å². The maximum absolute atomic E-state index is 9.32. The number of benzene rings is 1. The van der Waals surface area contributed by atoms with Crippen LogP contribution < -0.4 is 5.32 Å². The first-order valence-corrected chi connectivity index (χ1v) is 5.25. The van der Waals surface area contributed by atoms with Crippen molar-refractivity contribution < 1.29 is 5.11 Å². The molecule has 1 heterocycles. The van der Waals surface area contributed by atoms with Crippen LogP contribution >= 0.6 is 0 Å². The third-order valence-corrected chi connectivity index (χ3v) is 2.54. The first kappa shape index (κ1) is 10.7. The Morgan fingerprint density at radius 3 is 3.06 bits per heavy atom. The SMILES string of the molecule is CC(NCc1cccc(O)c1)c1cn[nH]c1. The summed E-state index contributed by atoms with van der Waals surface area (Å²) < 4.78 is 0. The molecule has 0 spiro atoms. The van der Waals surface area contributed by atoms with Gasteiger partial charge in [0.25, 0.3) is 0 Å². The number of phenols is 1. The third-order valence-electron chi connectivity index (χ3n) is 2.54. The number of H-pyrrole nitrogens is 1. The van der Waals surface area contributed by atoms with Gasteiger partial charge in [-0.15, -0.1) is 0 Å². The first-order chi connectivity index (χ1) is 7.75. The van der Waals surface area contributed by atoms with Gasteiger partial charge in [-0.25, -0.2) is 0 Å². The number of phenolic OH excluding ortho intramolecular Hbond substituents is 1. The molecule has 0 amide bonds. The predicted octanol–water partition coefficient (Wildman–Crippen LogP) is 1.97. The van der Waals surface area contributed by atoms with Crippen LogP contribution in [0.2, 0.25) is 0 Å². The van der Waals surface area contributed by atoms with Gasteiger partial charge in [-0.05, 0) is 24.6 Å². The molecular weight excluding hydrogens is 202 g/mol. The fourth-order valence-corrected chi connectivity index (χ4v) is 1.55. The predicted molar refractivity (Wildman–Crippen MR) is 61.9 cm³/mol. The largest absolute Gasteiger partial charge is 0.508 e. The lowest BCUT2D eigenvalue weighted by Crippen LogP contribution is -2.17. The molecule has 1 aromatic heterocycles. The lowest BCUT2D eigenvalue weighted by atomic mass is 10.1. The number of nitrogens with zero attached hydrogens (tertiary/aromatic N) is 1. The van der Waals surface area contributed by atoms with Crippen LogP contribution in [-0.4, -0.2) is 15.3 Å². The number of hydrogen-bond donors (Lipinski definition) is 3. The average Bonchev–Trinajstić information content (AvgIpc) is 2.79. The summed E-state index contributed by atoms with van der Waals surface area (Å²) in [6, 6.07) is 7.49. The number of rotatable bonds is 4. The second-order valence-corrected chi connectivity index (χ2v) is 3.80. The Bertz CT molecular complexity index is 439. The normalized spacial score (nSPS) is 12.6. The number of hydrogen-bond acceptors (Lipinski definition) is 3. The van der Waals surface area contributed by atoms with Gasteiger partial charge in [0, 0.05) is 24.3 Å². The molecule has 84 valence electrons. The lowest BCUT2D eigenvalue weighted by molar-refractivity contribution is 0.473. The molecule has 0 bridgehead atoms. The maximum atomic E-state index is 9.32. The number of nitrogens with one attached hydrogen (secondary N) is 2. The van der Waals surface area contributed by atoms with E-state index in [0.29, 0.717) is 5.75 Å². The first-order valence-electron chi connectivity index (χ1n) is 5.25. The van der Waals surface area contributed by atoms with Crippen LogP contribution in [0.25, 0.3) is 0 Å². The fraction of sp³-hybridized carbons (Fsp3) is 0.250. The zero-order chi connectivity index (χ0) is 11.4. The number of aromatic nitrogens is 2. The molecule has 0 aliphatic rings. The molecule has 2 aromatic rings. The third kappa shape index (κ3) is 2.61. The summed E-state index contributed by atoms with van der Waals surface area (Å²) in [6.45, 7) is 2.80. The van der Waals surface area contributed by atoms with E-state index >= 15 is 0 Å². The Morgan fingerprint density at radius 2 is 2.38 bits per heavy atom. The summed E-state index contributed by atoms with van der Waals surface area (Å²) in [7, 11) is 0. The molecule has 0 aliphatic carbocycles. The van der Waals surface area contributed by atoms with Crippen molar-refractivity contribution >= 4 is 0 Å². The molecule has 0 radical (unpaired) electrons. The highest BCUT2D eigenvalue weighted by molar-refractivity contribution is 5.27. The van der Waals surface area contributed by atoms with E-state index < -0.39 is 0 Å². The van der Waals surface area contributed by atoms with Crippen LogP contribution in [0.4, 0.5) is 0 Å². The van der Waals surface area contributed by atoms with E-state index in [1.165, 1.54) is 0 Å². The van der Waals surface area contributed by atoms with Gasteiger partial charge in [0.15, 0.2) is 0 Å². The van der Waals surface area contributed by atoms with E-state index in [9.17, 15) is 5.11 Å². The highest BCUT2D eigenvalue weighted by atomic mass is 16.3. The Morgan fingerprint density at radius 1 is 1.50 bits per heavy atom. The molecular formula is C12H15N3O. The molecule has 0 saturated carbocycles. The molecule has 2 rings (SSSR count). The van der Waals surface area contributed by atoms with Gasteiger partial charge in [-0.2, -0.15) is 5.10 Å². The van der Waals surface area contributed by atoms with Crippen LogP contribution in [0.15, 0.2) is 36.7 Å². The van der Waals surface area contributed by atoms with E-state index in [4.69, 9.17) is 0 Å². The Balaban J connectivity index is 1.92. The highest BCUT2D eigenvalue weighted by Gasteiger charge is 2.05. The summed E-state index contributed by atoms with van der Waals surface area (Å²) in [6.07, 6.45) is 3.68. The average molecular weight is 217 g/mol. The number of aromatic hydroxyl groups is 1. The van der Waals surface area contributed by atoms with Crippen molar-refractivity contribution in [3.05, 3.63) is 47.8 Å². The molecule has 0 fully saturated rings. The van der Waals surface area contributed by atoms with Gasteiger partial charge in [-0.1, -0.05) is 12.1 Å². The second kappa shape index (κ2) is 4.81.